The molecule has 0 bridgehead atoms. The molecular formula is C17H32N2O4. The Labute approximate surface area is 139 Å². The molecule has 0 saturated carbocycles. The third-order valence-corrected chi connectivity index (χ3v) is 4.05. The molecule has 2 amide bonds. The fraction of sp³-hybridized carbons (Fsp3) is 0.882. The maximum Gasteiger partial charge on any atom is 0.410 e. The summed E-state index contributed by atoms with van der Waals surface area (Å²) in [5.41, 5.74) is -0.838. The normalized spacial score (nSPS) is 18.9. The van der Waals surface area contributed by atoms with Crippen molar-refractivity contribution in [3.63, 3.8) is 0 Å². The molecule has 1 atom stereocenters. The van der Waals surface area contributed by atoms with E-state index in [1.54, 1.807) is 11.9 Å². The summed E-state index contributed by atoms with van der Waals surface area (Å²) >= 11 is 0. The van der Waals surface area contributed by atoms with E-state index >= 15 is 0 Å². The van der Waals surface area contributed by atoms with Gasteiger partial charge >= 0.3 is 6.09 Å². The minimum absolute atomic E-state index is 0.0765. The number of ether oxygens (including phenoxy) is 2. The molecule has 23 heavy (non-hydrogen) atoms. The average molecular weight is 328 g/mol. The second-order valence-electron chi connectivity index (χ2n) is 7.85. The van der Waals surface area contributed by atoms with Gasteiger partial charge in [0.25, 0.3) is 0 Å². The van der Waals surface area contributed by atoms with Gasteiger partial charge in [-0.1, -0.05) is 13.8 Å². The number of carbonyl (C=O) groups excluding carboxylic acids is 2. The summed E-state index contributed by atoms with van der Waals surface area (Å²) in [6.07, 6.45) is 1.17. The van der Waals surface area contributed by atoms with Gasteiger partial charge in [0, 0.05) is 33.4 Å². The van der Waals surface area contributed by atoms with E-state index in [1.165, 1.54) is 0 Å². The highest BCUT2D eigenvalue weighted by molar-refractivity contribution is 5.82. The van der Waals surface area contributed by atoms with Crippen LogP contribution in [0.3, 0.4) is 0 Å². The van der Waals surface area contributed by atoms with Crippen molar-refractivity contribution in [2.75, 3.05) is 33.4 Å². The molecule has 1 aliphatic rings. The number of nitrogens with zero attached hydrogens (tertiary/aromatic N) is 1. The van der Waals surface area contributed by atoms with Crippen LogP contribution in [-0.4, -0.2) is 55.9 Å². The van der Waals surface area contributed by atoms with Gasteiger partial charge in [-0.05, 0) is 39.5 Å². The summed E-state index contributed by atoms with van der Waals surface area (Å²) in [5, 5.41) is 3.01. The van der Waals surface area contributed by atoms with E-state index in [9.17, 15) is 9.59 Å². The smallest absolute Gasteiger partial charge is 0.410 e. The van der Waals surface area contributed by atoms with Gasteiger partial charge in [-0.2, -0.15) is 0 Å². The highest BCUT2D eigenvalue weighted by atomic mass is 16.6. The van der Waals surface area contributed by atoms with Crippen LogP contribution in [-0.2, 0) is 14.3 Å². The number of hydrogen-bond donors (Lipinski definition) is 1. The third kappa shape index (κ3) is 6.77. The fourth-order valence-corrected chi connectivity index (χ4v) is 2.48. The molecule has 1 saturated heterocycles. The zero-order valence-electron chi connectivity index (χ0n) is 15.4. The molecule has 1 N–H and O–H groups in total. The summed E-state index contributed by atoms with van der Waals surface area (Å²) in [7, 11) is 1.71. The minimum atomic E-state index is -0.500. The van der Waals surface area contributed by atoms with E-state index in [-0.39, 0.29) is 23.3 Å². The summed E-state index contributed by atoms with van der Waals surface area (Å²) < 4.78 is 10.6. The Bertz CT molecular complexity index is 411. The van der Waals surface area contributed by atoms with Crippen molar-refractivity contribution in [2.24, 2.45) is 11.3 Å². The number of carbonyl (C=O) groups is 2. The molecule has 0 aromatic rings. The van der Waals surface area contributed by atoms with Gasteiger partial charge in [0.15, 0.2) is 0 Å². The molecule has 1 unspecified atom stereocenters. The molecule has 6 nitrogen and oxygen atoms in total. The molecule has 1 heterocycles. The van der Waals surface area contributed by atoms with Crippen LogP contribution in [0.25, 0.3) is 0 Å². The van der Waals surface area contributed by atoms with Gasteiger partial charge in [0.2, 0.25) is 5.91 Å². The predicted octanol–water partition coefficient (Wildman–Crippen LogP) is 2.42. The van der Waals surface area contributed by atoms with Gasteiger partial charge in [-0.15, -0.1) is 0 Å². The first kappa shape index (κ1) is 19.7. The number of rotatable bonds is 5. The van der Waals surface area contributed by atoms with Crippen molar-refractivity contribution in [3.8, 4) is 0 Å². The van der Waals surface area contributed by atoms with Crippen LogP contribution in [0.2, 0.25) is 0 Å². The van der Waals surface area contributed by atoms with Crippen molar-refractivity contribution >= 4 is 12.0 Å². The third-order valence-electron chi connectivity index (χ3n) is 4.05. The second kappa shape index (κ2) is 7.99. The van der Waals surface area contributed by atoms with E-state index in [2.05, 4.69) is 5.32 Å². The Morgan fingerprint density at radius 3 is 2.39 bits per heavy atom. The van der Waals surface area contributed by atoms with Crippen LogP contribution in [0.5, 0.6) is 0 Å². The van der Waals surface area contributed by atoms with Crippen molar-refractivity contribution in [1.82, 2.24) is 10.2 Å². The first-order chi connectivity index (χ1) is 10.5. The molecule has 0 aromatic carbocycles. The number of amides is 2. The van der Waals surface area contributed by atoms with Gasteiger partial charge < -0.3 is 19.7 Å². The Morgan fingerprint density at radius 1 is 1.30 bits per heavy atom. The zero-order valence-corrected chi connectivity index (χ0v) is 15.4. The summed E-state index contributed by atoms with van der Waals surface area (Å²) in [5.74, 6) is 0.229. The largest absolute Gasteiger partial charge is 0.444 e. The molecular weight excluding hydrogens is 296 g/mol. The Hall–Kier alpha value is -1.30. The maximum atomic E-state index is 12.4. The number of hydrogen-bond acceptors (Lipinski definition) is 4. The number of nitrogens with one attached hydrogen (secondary N) is 1. The SMILES string of the molecule is CC(CNC(=O)C1(C)CCOCC1)CN(C)C(=O)OC(C)(C)C. The van der Waals surface area contributed by atoms with Gasteiger partial charge in [-0.3, -0.25) is 4.79 Å². The van der Waals surface area contributed by atoms with Crippen molar-refractivity contribution in [1.29, 1.82) is 0 Å². The monoisotopic (exact) mass is 328 g/mol. The van der Waals surface area contributed by atoms with Crippen LogP contribution >= 0.6 is 0 Å². The van der Waals surface area contributed by atoms with Crippen LogP contribution in [0.15, 0.2) is 0 Å². The first-order valence-corrected chi connectivity index (χ1v) is 8.34. The van der Waals surface area contributed by atoms with Gasteiger partial charge in [0.1, 0.15) is 5.60 Å². The lowest BCUT2D eigenvalue weighted by Crippen LogP contribution is -2.45. The lowest BCUT2D eigenvalue weighted by Gasteiger charge is -2.32. The zero-order chi connectivity index (χ0) is 17.7. The summed E-state index contributed by atoms with van der Waals surface area (Å²) in [6, 6.07) is 0. The van der Waals surface area contributed by atoms with E-state index in [0.717, 1.165) is 12.8 Å². The van der Waals surface area contributed by atoms with Gasteiger partial charge in [0.05, 0.1) is 5.41 Å². The van der Waals surface area contributed by atoms with E-state index < -0.39 is 5.60 Å². The molecule has 1 rings (SSSR count). The van der Waals surface area contributed by atoms with Crippen LogP contribution in [0.1, 0.15) is 47.5 Å². The summed E-state index contributed by atoms with van der Waals surface area (Å²) in [4.78, 5) is 25.8. The van der Waals surface area contributed by atoms with Crippen LogP contribution in [0.4, 0.5) is 4.79 Å². The molecule has 134 valence electrons. The molecule has 0 spiro atoms. The molecule has 0 aromatic heterocycles. The average Bonchev–Trinajstić information content (AvgIpc) is 2.43. The Morgan fingerprint density at radius 2 is 1.87 bits per heavy atom. The lowest BCUT2D eigenvalue weighted by molar-refractivity contribution is -0.135. The highest BCUT2D eigenvalue weighted by Crippen LogP contribution is 2.29. The molecule has 1 fully saturated rings. The summed E-state index contributed by atoms with van der Waals surface area (Å²) in [6.45, 7) is 11.9. The molecule has 6 heteroatoms. The molecule has 1 aliphatic heterocycles. The van der Waals surface area contributed by atoms with E-state index in [4.69, 9.17) is 9.47 Å². The van der Waals surface area contributed by atoms with E-state index in [1.807, 2.05) is 34.6 Å². The van der Waals surface area contributed by atoms with Crippen LogP contribution < -0.4 is 5.32 Å². The first-order valence-electron chi connectivity index (χ1n) is 8.34. The Kier molecular flexibility index (Phi) is 6.86. The van der Waals surface area contributed by atoms with Crippen molar-refractivity contribution in [3.05, 3.63) is 0 Å². The standard InChI is InChI=1S/C17H32N2O4/c1-13(12-19(6)15(21)23-16(2,3)4)11-18-14(20)17(5)7-9-22-10-8-17/h13H,7-12H2,1-6H3,(H,18,20). The highest BCUT2D eigenvalue weighted by Gasteiger charge is 2.35. The van der Waals surface area contributed by atoms with Crippen LogP contribution in [0, 0.1) is 11.3 Å². The van der Waals surface area contributed by atoms with Crippen molar-refractivity contribution < 1.29 is 19.1 Å². The van der Waals surface area contributed by atoms with E-state index in [0.29, 0.717) is 26.3 Å². The van der Waals surface area contributed by atoms with Gasteiger partial charge in [-0.25, -0.2) is 4.79 Å². The Balaban J connectivity index is 2.37. The fourth-order valence-electron chi connectivity index (χ4n) is 2.48. The lowest BCUT2D eigenvalue weighted by atomic mass is 9.81. The second-order valence-corrected chi connectivity index (χ2v) is 7.85. The minimum Gasteiger partial charge on any atom is -0.444 e. The maximum absolute atomic E-state index is 12.4. The molecule has 0 aliphatic carbocycles. The quantitative estimate of drug-likeness (QED) is 0.841. The molecule has 0 radical (unpaired) electrons. The predicted molar refractivity (Wildman–Crippen MR) is 89.2 cm³/mol. The topological polar surface area (TPSA) is 67.9 Å². The van der Waals surface area contributed by atoms with Crippen molar-refractivity contribution in [2.45, 2.75) is 53.1 Å².